The number of benzene rings is 2. The van der Waals surface area contributed by atoms with Crippen molar-refractivity contribution in [3.63, 3.8) is 0 Å². The van der Waals surface area contributed by atoms with Crippen molar-refractivity contribution in [2.24, 2.45) is 0 Å². The van der Waals surface area contributed by atoms with Gasteiger partial charge < -0.3 is 34.1 Å². The summed E-state index contributed by atoms with van der Waals surface area (Å²) in [6, 6.07) is 13.1. The van der Waals surface area contributed by atoms with Crippen molar-refractivity contribution in [1.82, 2.24) is 29.7 Å². The van der Waals surface area contributed by atoms with E-state index < -0.39 is 54.3 Å². The number of methoxy groups -OCH3 is 1. The van der Waals surface area contributed by atoms with E-state index in [1.54, 1.807) is 24.3 Å². The minimum absolute atomic E-state index is 0.00613. The molecule has 0 spiro atoms. The molecule has 2 N–H and O–H groups in total. The van der Waals surface area contributed by atoms with Gasteiger partial charge in [-0.3, -0.25) is 14.5 Å². The van der Waals surface area contributed by atoms with Crippen LogP contribution < -0.4 is 10.1 Å². The number of fused-ring (bicyclic) bond motifs is 1. The second-order valence-corrected chi connectivity index (χ2v) is 14.7. The van der Waals surface area contributed by atoms with Crippen LogP contribution >= 0.6 is 11.6 Å². The minimum atomic E-state index is -3.38. The predicted molar refractivity (Wildman–Crippen MR) is 197 cm³/mol. The van der Waals surface area contributed by atoms with Crippen molar-refractivity contribution >= 4 is 46.0 Å². The van der Waals surface area contributed by atoms with E-state index in [1.807, 2.05) is 12.1 Å². The van der Waals surface area contributed by atoms with E-state index >= 15 is 0 Å². The first-order valence-corrected chi connectivity index (χ1v) is 18.5. The van der Waals surface area contributed by atoms with Crippen LogP contribution in [0.3, 0.4) is 0 Å². The number of hydrogen-bond acceptors (Lipinski definition) is 10. The van der Waals surface area contributed by atoms with E-state index in [0.29, 0.717) is 66.1 Å². The Morgan fingerprint density at radius 2 is 1.95 bits per heavy atom. The van der Waals surface area contributed by atoms with Crippen molar-refractivity contribution in [3.05, 3.63) is 94.2 Å². The van der Waals surface area contributed by atoms with Gasteiger partial charge in [0.05, 0.1) is 49.6 Å². The molecule has 0 saturated carbocycles. The minimum Gasteiger partial charge on any atom is -0.473 e. The topological polar surface area (TPSA) is 148 Å². The van der Waals surface area contributed by atoms with Crippen LogP contribution in [-0.4, -0.2) is 104 Å². The largest absolute Gasteiger partial charge is 0.473 e. The molecule has 0 aliphatic carbocycles. The Balaban J connectivity index is 1.04. The molecule has 3 atom stereocenters. The first-order valence-electron chi connectivity index (χ1n) is 18.1. The Bertz CT molecular complexity index is 2190. The molecule has 2 saturated heterocycles. The van der Waals surface area contributed by atoms with Gasteiger partial charge in [-0.15, -0.1) is 0 Å². The van der Waals surface area contributed by atoms with Gasteiger partial charge in [-0.25, -0.2) is 27.9 Å². The number of nitrogens with zero attached hydrogens (tertiary/aromatic N) is 5. The van der Waals surface area contributed by atoms with Crippen LogP contribution in [0, 0.1) is 5.82 Å². The Hall–Kier alpha value is -5.03. The number of amides is 2. The standard InChI is InChI=1S/C39H40ClF3N6O7/c1-38(53,37(52)49-22-39(42,43)18-32(49)36(51)54-2)46-35(50)24-7-9-31-30(16-24)44-33(48(31)19-27-12-15-55-27)20-47-13-10-23(11-14-47)29-4-3-5-34(45-29)56-21-25-6-8-26(40)17-28(25)41/h3-10,16-17,27,32,53H,11-15,18-22H2,1-2H3,(H,46,50)/t27-,32-,38?/m0/s1. The smallest absolute Gasteiger partial charge is 0.328 e. The molecular weight excluding hydrogens is 757 g/mol. The highest BCUT2D eigenvalue weighted by atomic mass is 35.5. The normalized spacial score (nSPS) is 20.6. The first-order chi connectivity index (χ1) is 26.7. The molecule has 5 heterocycles. The Kier molecular flexibility index (Phi) is 11.1. The summed E-state index contributed by atoms with van der Waals surface area (Å²) in [5, 5.41) is 13.5. The number of esters is 1. The molecule has 2 amide bonds. The second-order valence-electron chi connectivity index (χ2n) is 14.3. The van der Waals surface area contributed by atoms with Crippen molar-refractivity contribution in [2.45, 2.75) is 69.7 Å². The molecule has 4 aromatic rings. The molecule has 296 valence electrons. The van der Waals surface area contributed by atoms with Gasteiger partial charge in [0.25, 0.3) is 17.7 Å². The zero-order chi connectivity index (χ0) is 39.8. The van der Waals surface area contributed by atoms with E-state index in [0.717, 1.165) is 43.1 Å². The Labute approximate surface area is 325 Å². The highest BCUT2D eigenvalue weighted by Crippen LogP contribution is 2.34. The fourth-order valence-electron chi connectivity index (χ4n) is 7.03. The number of aromatic nitrogens is 3. The third-order valence-electron chi connectivity index (χ3n) is 10.1. The van der Waals surface area contributed by atoms with Gasteiger partial charge in [-0.1, -0.05) is 29.8 Å². The summed E-state index contributed by atoms with van der Waals surface area (Å²) >= 11 is 5.86. The fraction of sp³-hybridized carbons (Fsp3) is 0.410. The van der Waals surface area contributed by atoms with Gasteiger partial charge in [0.2, 0.25) is 11.6 Å². The van der Waals surface area contributed by atoms with Crippen molar-refractivity contribution in [2.75, 3.05) is 33.4 Å². The number of ether oxygens (including phenoxy) is 3. The van der Waals surface area contributed by atoms with Crippen LogP contribution in [-0.2, 0) is 38.8 Å². The fourth-order valence-corrected chi connectivity index (χ4v) is 7.19. The lowest BCUT2D eigenvalue weighted by atomic mass is 10.0. The van der Waals surface area contributed by atoms with Crippen molar-refractivity contribution < 1.29 is 46.9 Å². The number of alkyl halides is 2. The number of pyridine rings is 1. The summed E-state index contributed by atoms with van der Waals surface area (Å²) in [4.78, 5) is 51.0. The molecule has 56 heavy (non-hydrogen) atoms. The van der Waals surface area contributed by atoms with Gasteiger partial charge in [0.1, 0.15) is 24.3 Å². The highest BCUT2D eigenvalue weighted by Gasteiger charge is 2.53. The lowest BCUT2D eigenvalue weighted by molar-refractivity contribution is -0.160. The van der Waals surface area contributed by atoms with E-state index in [4.69, 9.17) is 26.1 Å². The molecule has 3 aliphatic rings. The van der Waals surface area contributed by atoms with Crippen LogP contribution in [0.5, 0.6) is 5.88 Å². The van der Waals surface area contributed by atoms with Crippen LogP contribution in [0.2, 0.25) is 5.02 Å². The summed E-state index contributed by atoms with van der Waals surface area (Å²) < 4.78 is 60.9. The zero-order valence-corrected chi connectivity index (χ0v) is 31.4. The van der Waals surface area contributed by atoms with Gasteiger partial charge >= 0.3 is 5.97 Å². The average Bonchev–Trinajstić information content (AvgIpc) is 3.67. The molecular formula is C39H40ClF3N6O7. The van der Waals surface area contributed by atoms with Crippen LogP contribution in [0.25, 0.3) is 16.6 Å². The van der Waals surface area contributed by atoms with Gasteiger partial charge in [0.15, 0.2) is 0 Å². The monoisotopic (exact) mass is 796 g/mol. The number of likely N-dealkylation sites (tertiary alicyclic amines) is 1. The van der Waals surface area contributed by atoms with E-state index in [1.165, 1.54) is 18.2 Å². The summed E-state index contributed by atoms with van der Waals surface area (Å²) in [5.41, 5.74) is 0.881. The maximum atomic E-state index is 14.2. The van der Waals surface area contributed by atoms with Crippen molar-refractivity contribution in [3.8, 4) is 5.88 Å². The predicted octanol–water partition coefficient (Wildman–Crippen LogP) is 4.73. The molecule has 0 radical (unpaired) electrons. The zero-order valence-electron chi connectivity index (χ0n) is 30.6. The molecule has 0 bridgehead atoms. The lowest BCUT2D eigenvalue weighted by Crippen LogP contribution is -2.59. The van der Waals surface area contributed by atoms with Gasteiger partial charge in [-0.2, -0.15) is 0 Å². The summed E-state index contributed by atoms with van der Waals surface area (Å²) in [6.07, 6.45) is 2.74. The number of rotatable bonds is 12. The maximum absolute atomic E-state index is 14.2. The number of aliphatic hydroxyl groups is 1. The number of halogens is 4. The number of hydrogen-bond donors (Lipinski definition) is 2. The van der Waals surface area contributed by atoms with Crippen LogP contribution in [0.15, 0.2) is 60.7 Å². The summed E-state index contributed by atoms with van der Waals surface area (Å²) in [7, 11) is 1.01. The molecule has 2 fully saturated rings. The summed E-state index contributed by atoms with van der Waals surface area (Å²) in [6.45, 7) is 2.88. The molecule has 3 aliphatic heterocycles. The second kappa shape index (κ2) is 15.8. The van der Waals surface area contributed by atoms with Crippen LogP contribution in [0.4, 0.5) is 13.2 Å². The quantitative estimate of drug-likeness (QED) is 0.152. The number of carbonyl (C=O) groups excluding carboxylic acids is 3. The number of carbonyl (C=O) groups is 3. The molecule has 2 aromatic heterocycles. The van der Waals surface area contributed by atoms with E-state index in [2.05, 4.69) is 30.6 Å². The van der Waals surface area contributed by atoms with E-state index in [-0.39, 0.29) is 18.3 Å². The molecule has 17 heteroatoms. The maximum Gasteiger partial charge on any atom is 0.328 e. The molecule has 13 nitrogen and oxygen atoms in total. The third-order valence-corrected chi connectivity index (χ3v) is 10.4. The third kappa shape index (κ3) is 8.53. The van der Waals surface area contributed by atoms with Gasteiger partial charge in [0, 0.05) is 48.3 Å². The number of imidazole rings is 1. The van der Waals surface area contributed by atoms with Crippen LogP contribution in [0.1, 0.15) is 53.6 Å². The highest BCUT2D eigenvalue weighted by molar-refractivity contribution is 6.30. The SMILES string of the molecule is COC(=O)[C@@H]1CC(F)(F)CN1C(=O)C(C)(O)NC(=O)c1ccc2c(c1)nc(CN1CC=C(c3cccc(OCc4ccc(Cl)cc4F)n3)CC1)n2C[C@@H]1CCO1. The molecule has 7 rings (SSSR count). The Morgan fingerprint density at radius 3 is 2.64 bits per heavy atom. The number of nitrogens with one attached hydrogen (secondary N) is 1. The molecule has 2 aromatic carbocycles. The van der Waals surface area contributed by atoms with E-state index in [9.17, 15) is 32.7 Å². The molecule has 1 unspecified atom stereocenters. The summed E-state index contributed by atoms with van der Waals surface area (Å²) in [5.74, 6) is -5.88. The van der Waals surface area contributed by atoms with Crippen molar-refractivity contribution in [1.29, 1.82) is 0 Å². The first kappa shape index (κ1) is 39.2. The lowest BCUT2D eigenvalue weighted by Gasteiger charge is -2.31. The average molecular weight is 797 g/mol. The van der Waals surface area contributed by atoms with Gasteiger partial charge in [-0.05, 0) is 61.7 Å². The Morgan fingerprint density at radius 1 is 1.14 bits per heavy atom.